The van der Waals surface area contributed by atoms with Crippen molar-refractivity contribution in [3.63, 3.8) is 0 Å². The van der Waals surface area contributed by atoms with E-state index in [2.05, 4.69) is 20.5 Å². The first kappa shape index (κ1) is 11.1. The molecule has 2 aromatic heterocycles. The van der Waals surface area contributed by atoms with Gasteiger partial charge in [0.25, 0.3) is 0 Å². The molecule has 0 spiro atoms. The van der Waals surface area contributed by atoms with Crippen molar-refractivity contribution >= 4 is 5.69 Å². The molecule has 1 unspecified atom stereocenters. The average Bonchev–Trinajstić information content (AvgIpc) is 2.76. The number of nitrogens with one attached hydrogen (secondary N) is 1. The highest BCUT2D eigenvalue weighted by Crippen LogP contribution is 2.18. The maximum atomic E-state index is 8.93. The number of nitriles is 1. The topological polar surface area (TPSA) is 79.4 Å². The Morgan fingerprint density at radius 3 is 3.00 bits per heavy atom. The van der Waals surface area contributed by atoms with E-state index in [0.717, 1.165) is 5.82 Å². The van der Waals surface area contributed by atoms with Crippen molar-refractivity contribution in [1.82, 2.24) is 19.7 Å². The SMILES string of the molecule is CC(Nc1cccnc1C#N)c1nncn1C. The molecular formula is C11H12N6. The second-order valence-electron chi connectivity index (χ2n) is 3.68. The number of anilines is 1. The summed E-state index contributed by atoms with van der Waals surface area (Å²) < 4.78 is 1.83. The fourth-order valence-corrected chi connectivity index (χ4v) is 1.59. The van der Waals surface area contributed by atoms with Gasteiger partial charge in [0, 0.05) is 13.2 Å². The predicted octanol–water partition coefficient (Wildman–Crippen LogP) is 1.25. The lowest BCUT2D eigenvalue weighted by Gasteiger charge is -2.14. The number of hydrogen-bond acceptors (Lipinski definition) is 5. The molecule has 86 valence electrons. The number of hydrogen-bond donors (Lipinski definition) is 1. The second kappa shape index (κ2) is 4.61. The molecule has 0 radical (unpaired) electrons. The molecule has 0 bridgehead atoms. The van der Waals surface area contributed by atoms with Crippen LogP contribution in [0.2, 0.25) is 0 Å². The van der Waals surface area contributed by atoms with E-state index in [1.54, 1.807) is 18.6 Å². The maximum Gasteiger partial charge on any atom is 0.163 e. The van der Waals surface area contributed by atoms with Crippen molar-refractivity contribution in [2.75, 3.05) is 5.32 Å². The van der Waals surface area contributed by atoms with Gasteiger partial charge in [0.15, 0.2) is 11.5 Å². The summed E-state index contributed by atoms with van der Waals surface area (Å²) in [5.74, 6) is 0.803. The maximum absolute atomic E-state index is 8.93. The van der Waals surface area contributed by atoms with Gasteiger partial charge in [-0.25, -0.2) is 4.98 Å². The van der Waals surface area contributed by atoms with Gasteiger partial charge in [0.2, 0.25) is 0 Å². The summed E-state index contributed by atoms with van der Waals surface area (Å²) in [5.41, 5.74) is 1.08. The highest BCUT2D eigenvalue weighted by Gasteiger charge is 2.12. The van der Waals surface area contributed by atoms with Gasteiger partial charge in [-0.15, -0.1) is 10.2 Å². The minimum absolute atomic E-state index is 0.0428. The number of aryl methyl sites for hydroxylation is 1. The third-order valence-electron chi connectivity index (χ3n) is 2.42. The molecule has 0 aliphatic rings. The van der Waals surface area contributed by atoms with Crippen molar-refractivity contribution in [3.8, 4) is 6.07 Å². The van der Waals surface area contributed by atoms with Crippen LogP contribution < -0.4 is 5.32 Å². The van der Waals surface area contributed by atoms with Gasteiger partial charge in [0.1, 0.15) is 12.4 Å². The van der Waals surface area contributed by atoms with Crippen LogP contribution in [-0.4, -0.2) is 19.7 Å². The molecule has 0 aromatic carbocycles. The minimum Gasteiger partial charge on any atom is -0.373 e. The summed E-state index contributed by atoms with van der Waals surface area (Å²) in [6.07, 6.45) is 3.23. The molecule has 0 aliphatic carbocycles. The highest BCUT2D eigenvalue weighted by molar-refractivity contribution is 5.54. The first-order valence-electron chi connectivity index (χ1n) is 5.18. The lowest BCUT2D eigenvalue weighted by atomic mass is 10.2. The van der Waals surface area contributed by atoms with Crippen LogP contribution in [0.5, 0.6) is 0 Å². The van der Waals surface area contributed by atoms with E-state index in [9.17, 15) is 0 Å². The molecule has 6 nitrogen and oxygen atoms in total. The Labute approximate surface area is 98.9 Å². The van der Waals surface area contributed by atoms with E-state index >= 15 is 0 Å². The van der Waals surface area contributed by atoms with Crippen LogP contribution in [-0.2, 0) is 7.05 Å². The largest absolute Gasteiger partial charge is 0.373 e. The quantitative estimate of drug-likeness (QED) is 0.855. The minimum atomic E-state index is -0.0428. The summed E-state index contributed by atoms with van der Waals surface area (Å²) in [6.45, 7) is 1.96. The molecule has 1 N–H and O–H groups in total. The summed E-state index contributed by atoms with van der Waals surface area (Å²) in [5, 5.41) is 20.0. The van der Waals surface area contributed by atoms with Crippen LogP contribution in [0.3, 0.4) is 0 Å². The number of rotatable bonds is 3. The smallest absolute Gasteiger partial charge is 0.163 e. The Kier molecular flexibility index (Phi) is 3.01. The van der Waals surface area contributed by atoms with Gasteiger partial charge in [0.05, 0.1) is 11.7 Å². The van der Waals surface area contributed by atoms with Crippen LogP contribution in [0, 0.1) is 11.3 Å². The van der Waals surface area contributed by atoms with Gasteiger partial charge >= 0.3 is 0 Å². The van der Waals surface area contributed by atoms with E-state index < -0.39 is 0 Å². The summed E-state index contributed by atoms with van der Waals surface area (Å²) in [6, 6.07) is 5.60. The Morgan fingerprint density at radius 2 is 2.35 bits per heavy atom. The Hall–Kier alpha value is -2.42. The summed E-state index contributed by atoms with van der Waals surface area (Å²) >= 11 is 0. The van der Waals surface area contributed by atoms with Gasteiger partial charge in [-0.05, 0) is 19.1 Å². The van der Waals surface area contributed by atoms with E-state index in [-0.39, 0.29) is 6.04 Å². The molecule has 17 heavy (non-hydrogen) atoms. The fraction of sp³-hybridized carbons (Fsp3) is 0.273. The lowest BCUT2D eigenvalue weighted by Crippen LogP contribution is -2.13. The number of pyridine rings is 1. The fourth-order valence-electron chi connectivity index (χ4n) is 1.59. The van der Waals surface area contributed by atoms with E-state index in [1.165, 1.54) is 0 Å². The first-order valence-corrected chi connectivity index (χ1v) is 5.18. The monoisotopic (exact) mass is 228 g/mol. The van der Waals surface area contributed by atoms with Gasteiger partial charge in [-0.3, -0.25) is 0 Å². The van der Waals surface area contributed by atoms with Crippen LogP contribution in [0.25, 0.3) is 0 Å². The normalized spacial score (nSPS) is 11.8. The molecule has 0 fully saturated rings. The van der Waals surface area contributed by atoms with E-state index in [0.29, 0.717) is 11.4 Å². The summed E-state index contributed by atoms with van der Waals surface area (Å²) in [4.78, 5) is 3.99. The molecule has 2 heterocycles. The molecule has 1 atom stereocenters. The zero-order valence-corrected chi connectivity index (χ0v) is 9.62. The van der Waals surface area contributed by atoms with Crippen molar-refractivity contribution < 1.29 is 0 Å². The predicted molar refractivity (Wildman–Crippen MR) is 62.0 cm³/mol. The van der Waals surface area contributed by atoms with Crippen LogP contribution in [0.4, 0.5) is 5.69 Å². The molecule has 6 heteroatoms. The first-order chi connectivity index (χ1) is 8.22. The van der Waals surface area contributed by atoms with Crippen LogP contribution in [0.1, 0.15) is 24.5 Å². The van der Waals surface area contributed by atoms with Gasteiger partial charge in [-0.2, -0.15) is 5.26 Å². The Morgan fingerprint density at radius 1 is 1.53 bits per heavy atom. The summed E-state index contributed by atoms with van der Waals surface area (Å²) in [7, 11) is 1.88. The average molecular weight is 228 g/mol. The molecule has 2 rings (SSSR count). The second-order valence-corrected chi connectivity index (χ2v) is 3.68. The zero-order chi connectivity index (χ0) is 12.3. The Balaban J connectivity index is 2.22. The third-order valence-corrected chi connectivity index (χ3v) is 2.42. The lowest BCUT2D eigenvalue weighted by molar-refractivity contribution is 0.718. The van der Waals surface area contributed by atoms with Crippen molar-refractivity contribution in [2.45, 2.75) is 13.0 Å². The van der Waals surface area contributed by atoms with Crippen molar-refractivity contribution in [3.05, 3.63) is 36.2 Å². The van der Waals surface area contributed by atoms with Gasteiger partial charge in [-0.1, -0.05) is 0 Å². The van der Waals surface area contributed by atoms with Gasteiger partial charge < -0.3 is 9.88 Å². The number of nitrogens with zero attached hydrogens (tertiary/aromatic N) is 5. The number of aromatic nitrogens is 4. The van der Waals surface area contributed by atoms with Crippen LogP contribution in [0.15, 0.2) is 24.7 Å². The standard InChI is InChI=1S/C11H12N6/c1-8(11-16-14-7-17(11)2)15-9-4-3-5-13-10(9)6-12/h3-5,7-8,15H,1-2H3. The molecule has 2 aromatic rings. The Bertz CT molecular complexity index is 553. The van der Waals surface area contributed by atoms with Crippen molar-refractivity contribution in [2.24, 2.45) is 7.05 Å². The van der Waals surface area contributed by atoms with Crippen molar-refractivity contribution in [1.29, 1.82) is 5.26 Å². The molecule has 0 saturated heterocycles. The molecular weight excluding hydrogens is 216 g/mol. The molecule has 0 amide bonds. The van der Waals surface area contributed by atoms with Crippen LogP contribution >= 0.6 is 0 Å². The zero-order valence-electron chi connectivity index (χ0n) is 9.62. The molecule has 0 aliphatic heterocycles. The highest BCUT2D eigenvalue weighted by atomic mass is 15.3. The molecule has 0 saturated carbocycles. The van der Waals surface area contributed by atoms with E-state index in [4.69, 9.17) is 5.26 Å². The third kappa shape index (κ3) is 2.23. The van der Waals surface area contributed by atoms with E-state index in [1.807, 2.05) is 30.7 Å².